The van der Waals surface area contributed by atoms with Crippen molar-refractivity contribution in [3.05, 3.63) is 95.1 Å². The fourth-order valence-corrected chi connectivity index (χ4v) is 3.52. The van der Waals surface area contributed by atoms with Gasteiger partial charge in [-0.1, -0.05) is 36.4 Å². The van der Waals surface area contributed by atoms with Crippen molar-refractivity contribution in [3.8, 4) is 5.75 Å². The third-order valence-corrected chi connectivity index (χ3v) is 5.07. The number of fused-ring (bicyclic) bond motifs is 1. The normalized spacial score (nSPS) is 14.8. The molecule has 0 saturated carbocycles. The summed E-state index contributed by atoms with van der Waals surface area (Å²) >= 11 is 0. The molecule has 4 rings (SSSR count). The smallest absolute Gasteiger partial charge is 0.416 e. The third kappa shape index (κ3) is 4.54. The zero-order valence-electron chi connectivity index (χ0n) is 17.4. The number of aliphatic carboxylic acids is 1. The number of hydrogen-bond acceptors (Lipinski definition) is 4. The Morgan fingerprint density at radius 3 is 2.24 bits per heavy atom. The van der Waals surface area contributed by atoms with Crippen molar-refractivity contribution in [2.75, 3.05) is 11.5 Å². The highest BCUT2D eigenvalue weighted by atomic mass is 19.4. The van der Waals surface area contributed by atoms with Crippen molar-refractivity contribution >= 4 is 35.1 Å². The molecule has 172 valence electrons. The van der Waals surface area contributed by atoms with Crippen LogP contribution < -0.4 is 9.64 Å². The molecule has 1 aliphatic rings. The van der Waals surface area contributed by atoms with E-state index in [1.54, 1.807) is 30.3 Å². The molecule has 1 N–H and O–H groups in total. The van der Waals surface area contributed by atoms with E-state index in [1.807, 2.05) is 0 Å². The summed E-state index contributed by atoms with van der Waals surface area (Å²) < 4.78 is 44.8. The molecule has 0 bridgehead atoms. The first-order valence-electron chi connectivity index (χ1n) is 9.97. The van der Waals surface area contributed by atoms with Gasteiger partial charge in [-0.25, -0.2) is 9.69 Å². The Morgan fingerprint density at radius 2 is 1.59 bits per heavy atom. The molecule has 1 heterocycles. The van der Waals surface area contributed by atoms with E-state index in [9.17, 15) is 27.6 Å². The lowest BCUT2D eigenvalue weighted by Gasteiger charge is -2.29. The number of alkyl halides is 3. The number of ether oxygens (including phenoxy) is 1. The highest BCUT2D eigenvalue weighted by molar-refractivity contribution is 6.43. The highest BCUT2D eigenvalue weighted by Crippen LogP contribution is 2.36. The maximum atomic E-state index is 13.4. The maximum absolute atomic E-state index is 13.4. The van der Waals surface area contributed by atoms with Crippen molar-refractivity contribution < 1.29 is 37.4 Å². The summed E-state index contributed by atoms with van der Waals surface area (Å²) in [5.41, 5.74) is 0.0136. The molecule has 0 aromatic heterocycles. The molecule has 0 radical (unpaired) electrons. The zero-order valence-corrected chi connectivity index (χ0v) is 17.4. The van der Waals surface area contributed by atoms with Gasteiger partial charge in [0.25, 0.3) is 11.8 Å². The van der Waals surface area contributed by atoms with Crippen molar-refractivity contribution in [1.29, 1.82) is 0 Å². The molecule has 0 aliphatic carbocycles. The quantitative estimate of drug-likeness (QED) is 0.427. The molecule has 0 unspecified atom stereocenters. The topological polar surface area (TPSA) is 83.9 Å². The van der Waals surface area contributed by atoms with Crippen LogP contribution in [0, 0.1) is 0 Å². The molecular weight excluding hydrogens is 451 g/mol. The highest BCUT2D eigenvalue weighted by Gasteiger charge is 2.37. The van der Waals surface area contributed by atoms with Crippen LogP contribution in [-0.2, 0) is 15.8 Å². The number of carboxylic acid groups (broad SMARTS) is 1. The molecule has 0 spiro atoms. The number of carbonyl (C=O) groups is 3. The van der Waals surface area contributed by atoms with Gasteiger partial charge in [0.1, 0.15) is 5.75 Å². The molecule has 0 atom stereocenters. The number of halogens is 3. The molecule has 3 aromatic rings. The Balaban J connectivity index is 1.76. The molecule has 34 heavy (non-hydrogen) atoms. The maximum Gasteiger partial charge on any atom is 0.416 e. The summed E-state index contributed by atoms with van der Waals surface area (Å²) in [4.78, 5) is 37.8. The lowest BCUT2D eigenvalue weighted by atomic mass is 9.91. The number of carboxylic acids is 1. The molecular formula is C25H16F3NO5. The first-order valence-corrected chi connectivity index (χ1v) is 9.97. The van der Waals surface area contributed by atoms with Crippen molar-refractivity contribution in [2.24, 2.45) is 0 Å². The third-order valence-electron chi connectivity index (χ3n) is 5.07. The standard InChI is InChI=1S/C25H16F3NO5/c26-25(27,28)16-4-3-5-17(13-16)29-23(32)20-7-2-1-6-19(20)21(24(29)33)12-15-8-10-18(11-9-15)34-14-22(30)31/h1-13H,14H2,(H,30,31). The summed E-state index contributed by atoms with van der Waals surface area (Å²) in [6.45, 7) is -0.514. The number of benzene rings is 3. The second-order valence-electron chi connectivity index (χ2n) is 7.35. The van der Waals surface area contributed by atoms with E-state index in [2.05, 4.69) is 0 Å². The molecule has 1 aliphatic heterocycles. The minimum atomic E-state index is -4.64. The average molecular weight is 467 g/mol. The number of imide groups is 1. The van der Waals surface area contributed by atoms with E-state index >= 15 is 0 Å². The van der Waals surface area contributed by atoms with Crippen molar-refractivity contribution in [2.45, 2.75) is 6.18 Å². The minimum absolute atomic E-state index is 0.117. The van der Waals surface area contributed by atoms with Gasteiger partial charge in [0.2, 0.25) is 0 Å². The van der Waals surface area contributed by atoms with Gasteiger partial charge in [0.15, 0.2) is 6.61 Å². The second kappa shape index (κ2) is 8.86. The van der Waals surface area contributed by atoms with Gasteiger partial charge in [-0.3, -0.25) is 9.59 Å². The van der Waals surface area contributed by atoms with E-state index in [1.165, 1.54) is 30.3 Å². The monoisotopic (exact) mass is 467 g/mol. The van der Waals surface area contributed by atoms with E-state index in [-0.39, 0.29) is 16.8 Å². The summed E-state index contributed by atoms with van der Waals surface area (Å²) in [5, 5.41) is 8.70. The van der Waals surface area contributed by atoms with Crippen LogP contribution in [-0.4, -0.2) is 29.5 Å². The van der Waals surface area contributed by atoms with Gasteiger partial charge in [-0.15, -0.1) is 0 Å². The van der Waals surface area contributed by atoms with Crippen LogP contribution in [0.5, 0.6) is 5.75 Å². The van der Waals surface area contributed by atoms with Gasteiger partial charge >= 0.3 is 12.1 Å². The van der Waals surface area contributed by atoms with Crippen LogP contribution in [0.2, 0.25) is 0 Å². The van der Waals surface area contributed by atoms with E-state index < -0.39 is 36.1 Å². The Kier molecular flexibility index (Phi) is 5.93. The van der Waals surface area contributed by atoms with E-state index in [0.29, 0.717) is 16.9 Å². The molecule has 6 nitrogen and oxygen atoms in total. The number of anilines is 1. The lowest BCUT2D eigenvalue weighted by Crippen LogP contribution is -2.41. The van der Waals surface area contributed by atoms with E-state index in [4.69, 9.17) is 9.84 Å². The van der Waals surface area contributed by atoms with Crippen LogP contribution in [0.25, 0.3) is 11.6 Å². The SMILES string of the molecule is O=C(O)COc1ccc(C=C2C(=O)N(c3cccc(C(F)(F)F)c3)C(=O)c3ccccc32)cc1. The molecule has 3 aromatic carbocycles. The molecule has 2 amide bonds. The number of amides is 2. The zero-order chi connectivity index (χ0) is 24.5. The summed E-state index contributed by atoms with van der Waals surface area (Å²) in [6, 6.07) is 16.6. The van der Waals surface area contributed by atoms with Crippen molar-refractivity contribution in [1.82, 2.24) is 0 Å². The van der Waals surface area contributed by atoms with Gasteiger partial charge in [-0.2, -0.15) is 13.2 Å². The predicted molar refractivity (Wildman–Crippen MR) is 117 cm³/mol. The fourth-order valence-electron chi connectivity index (χ4n) is 3.52. The summed E-state index contributed by atoms with van der Waals surface area (Å²) in [7, 11) is 0. The second-order valence-corrected chi connectivity index (χ2v) is 7.35. The Labute approximate surface area is 191 Å². The van der Waals surface area contributed by atoms with Gasteiger partial charge in [-0.05, 0) is 53.6 Å². The largest absolute Gasteiger partial charge is 0.482 e. The lowest BCUT2D eigenvalue weighted by molar-refractivity contribution is -0.139. The van der Waals surface area contributed by atoms with Crippen LogP contribution in [0.1, 0.15) is 27.0 Å². The molecule has 9 heteroatoms. The summed E-state index contributed by atoms with van der Waals surface area (Å²) in [5.74, 6) is -2.32. The average Bonchev–Trinajstić information content (AvgIpc) is 2.81. The molecule has 0 fully saturated rings. The van der Waals surface area contributed by atoms with E-state index in [0.717, 1.165) is 23.1 Å². The Morgan fingerprint density at radius 1 is 0.912 bits per heavy atom. The van der Waals surface area contributed by atoms with Crippen LogP contribution >= 0.6 is 0 Å². The van der Waals surface area contributed by atoms with Gasteiger partial charge in [0.05, 0.1) is 11.3 Å². The Hall–Kier alpha value is -4.40. The molecule has 0 saturated heterocycles. The fraction of sp³-hybridized carbons (Fsp3) is 0.0800. The first-order chi connectivity index (χ1) is 16.1. The number of carbonyl (C=O) groups excluding carboxylic acids is 2. The first kappa shape index (κ1) is 22.8. The predicted octanol–water partition coefficient (Wildman–Crippen LogP) is 4.90. The van der Waals surface area contributed by atoms with Crippen LogP contribution in [0.4, 0.5) is 18.9 Å². The number of hydrogen-bond donors (Lipinski definition) is 1. The minimum Gasteiger partial charge on any atom is -0.482 e. The van der Waals surface area contributed by atoms with Crippen molar-refractivity contribution in [3.63, 3.8) is 0 Å². The number of nitrogens with zero attached hydrogens (tertiary/aromatic N) is 1. The van der Waals surface area contributed by atoms with Gasteiger partial charge in [0, 0.05) is 11.1 Å². The van der Waals surface area contributed by atoms with Gasteiger partial charge < -0.3 is 9.84 Å². The summed E-state index contributed by atoms with van der Waals surface area (Å²) in [6.07, 6.45) is -3.13. The number of rotatable bonds is 5. The Bertz CT molecular complexity index is 1310. The van der Waals surface area contributed by atoms with Crippen LogP contribution in [0.3, 0.4) is 0 Å². The van der Waals surface area contributed by atoms with Crippen LogP contribution in [0.15, 0.2) is 72.8 Å².